The van der Waals surface area contributed by atoms with E-state index in [9.17, 15) is 18.0 Å². The number of piperazine rings is 1. The first kappa shape index (κ1) is 18.7. The highest BCUT2D eigenvalue weighted by atomic mass is 79.9. The number of amides is 1. The minimum atomic E-state index is -4.35. The molecular weight excluding hydrogens is 485 g/mol. The van der Waals surface area contributed by atoms with Gasteiger partial charge in [0.25, 0.3) is 5.91 Å². The van der Waals surface area contributed by atoms with Gasteiger partial charge in [-0.25, -0.2) is 0 Å². The second-order valence-corrected chi connectivity index (χ2v) is 8.78. The number of benzene rings is 1. The van der Waals surface area contributed by atoms with Crippen LogP contribution in [-0.2, 0) is 6.18 Å². The Morgan fingerprint density at radius 1 is 1.08 bits per heavy atom. The Hall–Kier alpha value is -1.06. The Morgan fingerprint density at radius 3 is 2.32 bits per heavy atom. The maximum absolute atomic E-state index is 12.8. The summed E-state index contributed by atoms with van der Waals surface area (Å²) in [6.45, 7) is 1.95. The average Bonchev–Trinajstić information content (AvgIpc) is 2.93. The van der Waals surface area contributed by atoms with Gasteiger partial charge in [-0.15, -0.1) is 11.3 Å². The van der Waals surface area contributed by atoms with Crippen LogP contribution in [0.2, 0.25) is 0 Å². The van der Waals surface area contributed by atoms with Crippen LogP contribution in [-0.4, -0.2) is 37.0 Å². The molecule has 2 aromatic rings. The van der Waals surface area contributed by atoms with E-state index in [2.05, 4.69) is 31.9 Å². The van der Waals surface area contributed by atoms with E-state index in [1.54, 1.807) is 17.0 Å². The van der Waals surface area contributed by atoms with Gasteiger partial charge in [0.05, 0.1) is 14.2 Å². The molecule has 25 heavy (non-hydrogen) atoms. The molecule has 1 aromatic heterocycles. The minimum absolute atomic E-state index is 0.0555. The number of nitrogens with zero attached hydrogens (tertiary/aromatic N) is 2. The largest absolute Gasteiger partial charge is 0.416 e. The van der Waals surface area contributed by atoms with Crippen LogP contribution < -0.4 is 4.90 Å². The average molecular weight is 498 g/mol. The Morgan fingerprint density at radius 2 is 1.76 bits per heavy atom. The molecule has 0 spiro atoms. The fourth-order valence-electron chi connectivity index (χ4n) is 2.65. The van der Waals surface area contributed by atoms with Crippen molar-refractivity contribution in [3.8, 4) is 0 Å². The minimum Gasteiger partial charge on any atom is -0.368 e. The topological polar surface area (TPSA) is 23.6 Å². The highest BCUT2D eigenvalue weighted by Crippen LogP contribution is 2.34. The van der Waals surface area contributed by atoms with Crippen LogP contribution in [0, 0.1) is 0 Å². The molecule has 0 atom stereocenters. The summed E-state index contributed by atoms with van der Waals surface area (Å²) in [5.41, 5.74) is -0.125. The smallest absolute Gasteiger partial charge is 0.368 e. The van der Waals surface area contributed by atoms with Crippen molar-refractivity contribution in [2.75, 3.05) is 31.1 Å². The van der Waals surface area contributed by atoms with Gasteiger partial charge in [0.2, 0.25) is 0 Å². The lowest BCUT2D eigenvalue weighted by Gasteiger charge is -2.36. The van der Waals surface area contributed by atoms with E-state index in [0.717, 1.165) is 20.4 Å². The van der Waals surface area contributed by atoms with Gasteiger partial charge in [0.15, 0.2) is 0 Å². The van der Waals surface area contributed by atoms with Gasteiger partial charge in [0, 0.05) is 36.3 Å². The van der Waals surface area contributed by atoms with E-state index in [1.165, 1.54) is 17.4 Å². The SMILES string of the molecule is O=C(c1cc(Br)c(Br)s1)N1CCN(c2cccc(C(F)(F)F)c2)CC1. The van der Waals surface area contributed by atoms with Gasteiger partial charge in [-0.05, 0) is 56.1 Å². The zero-order valence-corrected chi connectivity index (χ0v) is 16.8. The first-order valence-corrected chi connectivity index (χ1v) is 9.82. The van der Waals surface area contributed by atoms with Crippen LogP contribution in [0.3, 0.4) is 0 Å². The fraction of sp³-hybridized carbons (Fsp3) is 0.312. The Labute approximate surface area is 163 Å². The standard InChI is InChI=1S/C16H13Br2F3N2OS/c17-12-9-13(25-14(12)18)15(24)23-6-4-22(5-7-23)11-3-1-2-10(8-11)16(19,20)21/h1-3,8-9H,4-7H2. The summed E-state index contributed by atoms with van der Waals surface area (Å²) >= 11 is 8.09. The summed E-state index contributed by atoms with van der Waals surface area (Å²) in [6.07, 6.45) is -4.35. The number of alkyl halides is 3. The number of halogens is 5. The third-order valence-electron chi connectivity index (χ3n) is 3.96. The lowest BCUT2D eigenvalue weighted by molar-refractivity contribution is -0.137. The fourth-order valence-corrected chi connectivity index (χ4v) is 4.66. The van der Waals surface area contributed by atoms with Crippen LogP contribution in [0.25, 0.3) is 0 Å². The van der Waals surface area contributed by atoms with Crippen molar-refractivity contribution < 1.29 is 18.0 Å². The molecule has 9 heteroatoms. The van der Waals surface area contributed by atoms with Crippen molar-refractivity contribution in [2.24, 2.45) is 0 Å². The van der Waals surface area contributed by atoms with Gasteiger partial charge in [-0.3, -0.25) is 4.79 Å². The predicted molar refractivity (Wildman–Crippen MR) is 99.3 cm³/mol. The molecule has 134 valence electrons. The number of carbonyl (C=O) groups excluding carboxylic acids is 1. The van der Waals surface area contributed by atoms with Crippen LogP contribution >= 0.6 is 43.2 Å². The zero-order valence-electron chi connectivity index (χ0n) is 12.8. The van der Waals surface area contributed by atoms with Crippen molar-refractivity contribution in [1.82, 2.24) is 4.90 Å². The molecule has 1 aromatic carbocycles. The van der Waals surface area contributed by atoms with Crippen LogP contribution in [0.4, 0.5) is 18.9 Å². The van der Waals surface area contributed by atoms with Crippen LogP contribution in [0.5, 0.6) is 0 Å². The summed E-state index contributed by atoms with van der Waals surface area (Å²) in [5.74, 6) is -0.0555. The number of thiophene rings is 1. The molecule has 1 aliphatic rings. The molecular formula is C16H13Br2F3N2OS. The summed E-state index contributed by atoms with van der Waals surface area (Å²) < 4.78 is 40.2. The molecule has 1 amide bonds. The molecule has 3 nitrogen and oxygen atoms in total. The molecule has 0 N–H and O–H groups in total. The Kier molecular flexibility index (Phi) is 5.45. The molecule has 0 bridgehead atoms. The highest BCUT2D eigenvalue weighted by Gasteiger charge is 2.31. The number of hydrogen-bond donors (Lipinski definition) is 0. The number of hydrogen-bond acceptors (Lipinski definition) is 3. The third-order valence-corrected chi connectivity index (χ3v) is 7.21. The van der Waals surface area contributed by atoms with E-state index in [4.69, 9.17) is 0 Å². The Bertz CT molecular complexity index is 766. The van der Waals surface area contributed by atoms with E-state index < -0.39 is 11.7 Å². The molecule has 0 aliphatic carbocycles. The molecule has 0 unspecified atom stereocenters. The number of carbonyl (C=O) groups is 1. The first-order chi connectivity index (χ1) is 11.8. The lowest BCUT2D eigenvalue weighted by atomic mass is 10.1. The van der Waals surface area contributed by atoms with Crippen molar-refractivity contribution >= 4 is 54.8 Å². The van der Waals surface area contributed by atoms with Crippen molar-refractivity contribution in [3.05, 3.63) is 49.0 Å². The Balaban J connectivity index is 1.67. The van der Waals surface area contributed by atoms with Crippen molar-refractivity contribution in [2.45, 2.75) is 6.18 Å². The monoisotopic (exact) mass is 496 g/mol. The molecule has 1 fully saturated rings. The van der Waals surface area contributed by atoms with Gasteiger partial charge in [-0.2, -0.15) is 13.2 Å². The van der Waals surface area contributed by atoms with Crippen LogP contribution in [0.1, 0.15) is 15.2 Å². The summed E-state index contributed by atoms with van der Waals surface area (Å²) in [5, 5.41) is 0. The predicted octanol–water partition coefficient (Wildman–Crippen LogP) is 5.25. The number of anilines is 1. The lowest BCUT2D eigenvalue weighted by Crippen LogP contribution is -2.48. The highest BCUT2D eigenvalue weighted by molar-refractivity contribution is 9.13. The second kappa shape index (κ2) is 7.28. The van der Waals surface area contributed by atoms with Crippen LogP contribution in [0.15, 0.2) is 38.6 Å². The zero-order chi connectivity index (χ0) is 18.2. The maximum Gasteiger partial charge on any atom is 0.416 e. The quantitative estimate of drug-likeness (QED) is 0.565. The molecule has 3 rings (SSSR count). The van der Waals surface area contributed by atoms with E-state index >= 15 is 0 Å². The van der Waals surface area contributed by atoms with Gasteiger partial charge in [-0.1, -0.05) is 6.07 Å². The third kappa shape index (κ3) is 4.20. The summed E-state index contributed by atoms with van der Waals surface area (Å²) in [4.78, 5) is 16.8. The van der Waals surface area contributed by atoms with Gasteiger partial charge < -0.3 is 9.80 Å². The molecule has 0 saturated carbocycles. The van der Waals surface area contributed by atoms with Crippen molar-refractivity contribution in [3.63, 3.8) is 0 Å². The summed E-state index contributed by atoms with van der Waals surface area (Å²) in [7, 11) is 0. The summed E-state index contributed by atoms with van der Waals surface area (Å²) in [6, 6.07) is 7.08. The first-order valence-electron chi connectivity index (χ1n) is 7.42. The van der Waals surface area contributed by atoms with E-state index in [-0.39, 0.29) is 5.91 Å². The molecule has 0 radical (unpaired) electrons. The van der Waals surface area contributed by atoms with Gasteiger partial charge >= 0.3 is 6.18 Å². The van der Waals surface area contributed by atoms with Gasteiger partial charge in [0.1, 0.15) is 0 Å². The van der Waals surface area contributed by atoms with Crippen molar-refractivity contribution in [1.29, 1.82) is 0 Å². The molecule has 2 heterocycles. The number of rotatable bonds is 2. The van der Waals surface area contributed by atoms with E-state index in [0.29, 0.717) is 36.7 Å². The molecule has 1 aliphatic heterocycles. The maximum atomic E-state index is 12.8. The van der Waals surface area contributed by atoms with E-state index in [1.807, 2.05) is 4.90 Å². The normalized spacial score (nSPS) is 15.6. The molecule has 1 saturated heterocycles. The second-order valence-electron chi connectivity index (χ2n) is 5.56.